The summed E-state index contributed by atoms with van der Waals surface area (Å²) in [5.74, 6) is -2.13. The molecule has 1 aliphatic heterocycles. The molecule has 0 saturated carbocycles. The van der Waals surface area contributed by atoms with Gasteiger partial charge in [-0.1, -0.05) is 41.7 Å². The van der Waals surface area contributed by atoms with Crippen molar-refractivity contribution in [3.63, 3.8) is 0 Å². The summed E-state index contributed by atoms with van der Waals surface area (Å²) >= 11 is 1.15. The van der Waals surface area contributed by atoms with E-state index in [2.05, 4.69) is 10.2 Å². The molecule has 154 valence electrons. The second-order valence-corrected chi connectivity index (χ2v) is 8.18. The highest BCUT2D eigenvalue weighted by Gasteiger charge is 2.46. The molecule has 31 heavy (non-hydrogen) atoms. The van der Waals surface area contributed by atoms with Crippen molar-refractivity contribution in [1.82, 2.24) is 10.2 Å². The number of aromatic nitrogens is 2. The SMILES string of the molecule is Cc1nnc(N2C(=O)C(O)=C(C(=O)c3cc4ccccc4o3)C2c2cccc(O)c2)s1. The minimum atomic E-state index is -1.01. The number of aromatic hydroxyl groups is 1. The second-order valence-electron chi connectivity index (χ2n) is 7.02. The van der Waals surface area contributed by atoms with Gasteiger partial charge in [0.2, 0.25) is 10.9 Å². The van der Waals surface area contributed by atoms with E-state index in [9.17, 15) is 19.8 Å². The van der Waals surface area contributed by atoms with E-state index < -0.39 is 23.5 Å². The van der Waals surface area contributed by atoms with E-state index in [1.807, 2.05) is 6.07 Å². The maximum atomic E-state index is 13.4. The molecular formula is C22H15N3O5S. The highest BCUT2D eigenvalue weighted by atomic mass is 32.1. The lowest BCUT2D eigenvalue weighted by molar-refractivity contribution is -0.117. The lowest BCUT2D eigenvalue weighted by Gasteiger charge is -2.23. The van der Waals surface area contributed by atoms with E-state index in [1.54, 1.807) is 43.3 Å². The smallest absolute Gasteiger partial charge is 0.296 e. The fourth-order valence-corrected chi connectivity index (χ4v) is 4.37. The highest BCUT2D eigenvalue weighted by Crippen LogP contribution is 2.43. The lowest BCUT2D eigenvalue weighted by Crippen LogP contribution is -2.31. The van der Waals surface area contributed by atoms with Crippen LogP contribution in [0, 0.1) is 6.92 Å². The largest absolute Gasteiger partial charge is 0.508 e. The van der Waals surface area contributed by atoms with Gasteiger partial charge in [-0.3, -0.25) is 14.5 Å². The fraction of sp³-hybridized carbons (Fsp3) is 0.0909. The number of benzene rings is 2. The summed E-state index contributed by atoms with van der Waals surface area (Å²) in [6, 6.07) is 13.8. The molecule has 2 N–H and O–H groups in total. The van der Waals surface area contributed by atoms with E-state index >= 15 is 0 Å². The Morgan fingerprint density at radius 1 is 1.10 bits per heavy atom. The Labute approximate surface area is 179 Å². The second kappa shape index (κ2) is 7.06. The number of amides is 1. The monoisotopic (exact) mass is 433 g/mol. The Hall–Kier alpha value is -3.98. The normalized spacial score (nSPS) is 16.5. The average Bonchev–Trinajstić information content (AvgIpc) is 3.44. The molecule has 0 bridgehead atoms. The summed E-state index contributed by atoms with van der Waals surface area (Å²) in [5.41, 5.74) is 0.799. The van der Waals surface area contributed by atoms with Crippen LogP contribution in [0.5, 0.6) is 5.75 Å². The van der Waals surface area contributed by atoms with E-state index in [4.69, 9.17) is 4.42 Å². The van der Waals surface area contributed by atoms with Crippen LogP contribution in [0.25, 0.3) is 11.0 Å². The van der Waals surface area contributed by atoms with Crippen LogP contribution in [-0.2, 0) is 4.79 Å². The predicted molar refractivity (Wildman–Crippen MR) is 113 cm³/mol. The Bertz CT molecular complexity index is 1350. The average molecular weight is 433 g/mol. The molecule has 0 spiro atoms. The zero-order valence-corrected chi connectivity index (χ0v) is 17.0. The lowest BCUT2D eigenvalue weighted by atomic mass is 9.95. The summed E-state index contributed by atoms with van der Waals surface area (Å²) in [4.78, 5) is 27.7. The molecule has 9 heteroatoms. The first-order valence-electron chi connectivity index (χ1n) is 9.33. The van der Waals surface area contributed by atoms with Crippen LogP contribution in [0.3, 0.4) is 0 Å². The number of phenolic OH excluding ortho intramolecular Hbond substituents is 1. The summed E-state index contributed by atoms with van der Waals surface area (Å²) in [7, 11) is 0. The molecule has 0 radical (unpaired) electrons. The molecular weight excluding hydrogens is 418 g/mol. The number of carbonyl (C=O) groups excluding carboxylic acids is 2. The molecule has 5 rings (SSSR count). The highest BCUT2D eigenvalue weighted by molar-refractivity contribution is 7.15. The van der Waals surface area contributed by atoms with E-state index in [0.29, 0.717) is 16.2 Å². The molecule has 1 unspecified atom stereocenters. The number of furan rings is 1. The number of Topliss-reactive ketones (excluding diaryl/α,β-unsaturated/α-hetero) is 1. The standard InChI is InChI=1S/C22H15N3O5S/c1-11-23-24-22(31-11)25-18(13-6-4-7-14(26)9-13)17(20(28)21(25)29)19(27)16-10-12-5-2-3-8-15(12)30-16/h2-10,18,26,28H,1H3. The third-order valence-corrected chi connectivity index (χ3v) is 5.85. The molecule has 1 amide bonds. The number of hydrogen-bond donors (Lipinski definition) is 2. The first-order valence-corrected chi connectivity index (χ1v) is 10.1. The maximum Gasteiger partial charge on any atom is 0.296 e. The van der Waals surface area contributed by atoms with Crippen molar-refractivity contribution in [2.45, 2.75) is 13.0 Å². The Balaban J connectivity index is 1.67. The minimum absolute atomic E-state index is 0.00371. The molecule has 0 aliphatic carbocycles. The third-order valence-electron chi connectivity index (χ3n) is 5.01. The van der Waals surface area contributed by atoms with Crippen LogP contribution in [0.2, 0.25) is 0 Å². The van der Waals surface area contributed by atoms with Gasteiger partial charge in [0.25, 0.3) is 5.91 Å². The fourth-order valence-electron chi connectivity index (χ4n) is 3.65. The number of rotatable bonds is 4. The molecule has 4 aromatic rings. The van der Waals surface area contributed by atoms with Crippen molar-refractivity contribution >= 4 is 39.1 Å². The zero-order chi connectivity index (χ0) is 21.7. The number of aryl methyl sites for hydroxylation is 1. The van der Waals surface area contributed by atoms with Gasteiger partial charge in [0.05, 0.1) is 11.6 Å². The van der Waals surface area contributed by atoms with Crippen molar-refractivity contribution in [1.29, 1.82) is 0 Å². The van der Waals surface area contributed by atoms with Crippen LogP contribution in [-0.4, -0.2) is 32.1 Å². The molecule has 0 fully saturated rings. The van der Waals surface area contributed by atoms with Crippen LogP contribution >= 0.6 is 11.3 Å². The van der Waals surface area contributed by atoms with Gasteiger partial charge < -0.3 is 14.6 Å². The van der Waals surface area contributed by atoms with Gasteiger partial charge in [-0.2, -0.15) is 0 Å². The molecule has 0 saturated heterocycles. The van der Waals surface area contributed by atoms with Crippen molar-refractivity contribution in [2.24, 2.45) is 0 Å². The third kappa shape index (κ3) is 3.06. The van der Waals surface area contributed by atoms with Crippen LogP contribution in [0.1, 0.15) is 27.2 Å². The first kappa shape index (κ1) is 19.0. The van der Waals surface area contributed by atoms with Crippen LogP contribution in [0.15, 0.2) is 70.3 Å². The number of para-hydroxylation sites is 1. The quantitative estimate of drug-likeness (QED) is 0.466. The number of aliphatic hydroxyl groups excluding tert-OH is 1. The summed E-state index contributed by atoms with van der Waals surface area (Å²) in [6.07, 6.45) is 0. The van der Waals surface area contributed by atoms with Gasteiger partial charge in [-0.05, 0) is 36.8 Å². The van der Waals surface area contributed by atoms with Crippen LogP contribution < -0.4 is 4.90 Å². The number of hydrogen-bond acceptors (Lipinski definition) is 8. The number of nitrogens with zero attached hydrogens (tertiary/aromatic N) is 3. The van der Waals surface area contributed by atoms with Crippen molar-refractivity contribution in [3.8, 4) is 5.75 Å². The summed E-state index contributed by atoms with van der Waals surface area (Å²) in [5, 5.41) is 30.3. The Kier molecular flexibility index (Phi) is 4.33. The topological polar surface area (TPSA) is 117 Å². The molecule has 8 nitrogen and oxygen atoms in total. The van der Waals surface area contributed by atoms with E-state index in [0.717, 1.165) is 16.7 Å². The number of aliphatic hydroxyl groups is 1. The number of fused-ring (bicyclic) bond motifs is 1. The van der Waals surface area contributed by atoms with Gasteiger partial charge in [-0.15, -0.1) is 10.2 Å². The van der Waals surface area contributed by atoms with E-state index in [-0.39, 0.29) is 22.2 Å². The van der Waals surface area contributed by atoms with Crippen molar-refractivity contribution in [2.75, 3.05) is 4.90 Å². The first-order chi connectivity index (χ1) is 14.9. The molecule has 2 aromatic heterocycles. The van der Waals surface area contributed by atoms with Crippen molar-refractivity contribution < 1.29 is 24.2 Å². The van der Waals surface area contributed by atoms with Crippen LogP contribution in [0.4, 0.5) is 5.13 Å². The molecule has 1 atom stereocenters. The Morgan fingerprint density at radius 3 is 2.61 bits per heavy atom. The van der Waals surface area contributed by atoms with Gasteiger partial charge in [0.1, 0.15) is 16.3 Å². The number of anilines is 1. The van der Waals surface area contributed by atoms with Crippen molar-refractivity contribution in [3.05, 3.63) is 82.3 Å². The maximum absolute atomic E-state index is 13.4. The van der Waals surface area contributed by atoms with Gasteiger partial charge in [-0.25, -0.2) is 0 Å². The predicted octanol–water partition coefficient (Wildman–Crippen LogP) is 4.08. The summed E-state index contributed by atoms with van der Waals surface area (Å²) < 4.78 is 5.68. The summed E-state index contributed by atoms with van der Waals surface area (Å²) in [6.45, 7) is 1.73. The molecule has 1 aliphatic rings. The minimum Gasteiger partial charge on any atom is -0.508 e. The zero-order valence-electron chi connectivity index (χ0n) is 16.1. The number of phenols is 1. The molecule has 2 aromatic carbocycles. The van der Waals surface area contributed by atoms with Gasteiger partial charge >= 0.3 is 0 Å². The van der Waals surface area contributed by atoms with Gasteiger partial charge in [0.15, 0.2) is 11.5 Å². The number of ketones is 1. The van der Waals surface area contributed by atoms with E-state index in [1.165, 1.54) is 17.0 Å². The Morgan fingerprint density at radius 2 is 1.90 bits per heavy atom. The number of carbonyl (C=O) groups is 2. The molecule has 3 heterocycles. The van der Waals surface area contributed by atoms with Gasteiger partial charge in [0, 0.05) is 5.39 Å².